The molecule has 0 bridgehead atoms. The molecule has 1 aliphatic carbocycles. The number of nitrogens with zero attached hydrogens (tertiary/aromatic N) is 1. The number of carbonyl (C=O) groups excluding carboxylic acids is 1. The number of benzene rings is 2. The van der Waals surface area contributed by atoms with Gasteiger partial charge in [0.15, 0.2) is 0 Å². The van der Waals surface area contributed by atoms with Crippen LogP contribution in [0, 0.1) is 0 Å². The molecule has 1 N–H and O–H groups in total. The lowest BCUT2D eigenvalue weighted by molar-refractivity contribution is -0.126. The lowest BCUT2D eigenvalue weighted by Crippen LogP contribution is -2.30. The molecule has 3 heteroatoms. The van der Waals surface area contributed by atoms with Crippen LogP contribution in [-0.4, -0.2) is 22.3 Å². The average Bonchev–Trinajstić information content (AvgIpc) is 3.25. The fourth-order valence-electron chi connectivity index (χ4n) is 4.89. The zero-order chi connectivity index (χ0) is 19.1. The van der Waals surface area contributed by atoms with Crippen LogP contribution in [0.2, 0.25) is 0 Å². The molecule has 1 atom stereocenters. The van der Waals surface area contributed by atoms with E-state index in [1.807, 2.05) is 17.0 Å². The Kier molecular flexibility index (Phi) is 4.16. The van der Waals surface area contributed by atoms with Crippen molar-refractivity contribution in [2.45, 2.75) is 31.7 Å². The number of aromatic amines is 1. The second kappa shape index (κ2) is 6.83. The summed E-state index contributed by atoms with van der Waals surface area (Å²) < 4.78 is 0. The quantitative estimate of drug-likeness (QED) is 0.583. The first-order chi connectivity index (χ1) is 13.8. The van der Waals surface area contributed by atoms with Crippen LogP contribution >= 0.6 is 0 Å². The van der Waals surface area contributed by atoms with Gasteiger partial charge in [0, 0.05) is 28.6 Å². The minimum absolute atomic E-state index is 0.00726. The molecule has 0 radical (unpaired) electrons. The first-order valence-corrected chi connectivity index (χ1v) is 10.1. The van der Waals surface area contributed by atoms with E-state index in [4.69, 9.17) is 0 Å². The first-order valence-electron chi connectivity index (χ1n) is 10.1. The van der Waals surface area contributed by atoms with Gasteiger partial charge in [0.25, 0.3) is 5.91 Å². The number of carbonyl (C=O) groups is 1. The standard InChI is InChI=1S/C25H24N2O/c1-2-16-27-24(18-12-6-7-13-19(18)25(27)28)22-20-14-8-9-15-21(20)26-23(22)17-10-4-3-5-11-17/h2-5,8-11,14-15,24,26H,1,6-7,12-13,16H2/t24-/m0/s1. The smallest absolute Gasteiger partial charge is 0.250 e. The molecule has 3 nitrogen and oxygen atoms in total. The van der Waals surface area contributed by atoms with Crippen molar-refractivity contribution in [2.75, 3.05) is 6.54 Å². The highest BCUT2D eigenvalue weighted by molar-refractivity contribution is 6.00. The minimum atomic E-state index is -0.00726. The van der Waals surface area contributed by atoms with Crippen molar-refractivity contribution in [1.29, 1.82) is 0 Å². The summed E-state index contributed by atoms with van der Waals surface area (Å²) in [6, 6.07) is 18.9. The number of para-hydroxylation sites is 1. The van der Waals surface area contributed by atoms with Gasteiger partial charge in [-0.25, -0.2) is 0 Å². The molecule has 0 saturated carbocycles. The molecule has 5 rings (SSSR count). The monoisotopic (exact) mass is 368 g/mol. The van der Waals surface area contributed by atoms with E-state index >= 15 is 0 Å². The SMILES string of the molecule is C=CCN1C(=O)C2=C(CCCC2)[C@H]1c1c(-c2ccccc2)[nH]c2ccccc12. The van der Waals surface area contributed by atoms with Gasteiger partial charge in [-0.1, -0.05) is 54.6 Å². The third-order valence-corrected chi connectivity index (χ3v) is 6.08. The van der Waals surface area contributed by atoms with Crippen LogP contribution in [0.5, 0.6) is 0 Å². The summed E-state index contributed by atoms with van der Waals surface area (Å²) in [6.07, 6.45) is 6.03. The van der Waals surface area contributed by atoms with E-state index in [0.717, 1.165) is 48.0 Å². The van der Waals surface area contributed by atoms with Gasteiger partial charge in [0.2, 0.25) is 0 Å². The van der Waals surface area contributed by atoms with Crippen LogP contribution in [0.4, 0.5) is 0 Å². The summed E-state index contributed by atoms with van der Waals surface area (Å²) in [7, 11) is 0. The van der Waals surface area contributed by atoms with E-state index in [0.29, 0.717) is 6.54 Å². The molecule has 0 unspecified atom stereocenters. The lowest BCUT2D eigenvalue weighted by atomic mass is 9.86. The Morgan fingerprint density at radius 2 is 1.79 bits per heavy atom. The second-order valence-electron chi connectivity index (χ2n) is 7.68. The Labute approximate surface area is 165 Å². The third kappa shape index (κ3) is 2.54. The fourth-order valence-corrected chi connectivity index (χ4v) is 4.89. The second-order valence-corrected chi connectivity index (χ2v) is 7.68. The summed E-state index contributed by atoms with van der Waals surface area (Å²) in [6.45, 7) is 4.49. The van der Waals surface area contributed by atoms with Crippen molar-refractivity contribution < 1.29 is 4.79 Å². The van der Waals surface area contributed by atoms with Crippen molar-refractivity contribution in [2.24, 2.45) is 0 Å². The highest BCUT2D eigenvalue weighted by Gasteiger charge is 2.42. The Balaban J connectivity index is 1.78. The highest BCUT2D eigenvalue weighted by Crippen LogP contribution is 2.48. The molecule has 2 aliphatic rings. The summed E-state index contributed by atoms with van der Waals surface area (Å²) in [4.78, 5) is 18.9. The lowest BCUT2D eigenvalue weighted by Gasteiger charge is -2.27. The Hall–Kier alpha value is -3.07. The van der Waals surface area contributed by atoms with Crippen molar-refractivity contribution in [3.8, 4) is 11.3 Å². The van der Waals surface area contributed by atoms with E-state index in [-0.39, 0.29) is 11.9 Å². The number of hydrogen-bond acceptors (Lipinski definition) is 1. The predicted octanol–water partition coefficient (Wildman–Crippen LogP) is 5.77. The zero-order valence-electron chi connectivity index (χ0n) is 15.9. The molecular weight excluding hydrogens is 344 g/mol. The number of H-pyrrole nitrogens is 1. The summed E-state index contributed by atoms with van der Waals surface area (Å²) >= 11 is 0. The molecule has 0 fully saturated rings. The molecule has 3 aromatic rings. The topological polar surface area (TPSA) is 36.1 Å². The Bertz CT molecular complexity index is 1090. The van der Waals surface area contributed by atoms with Gasteiger partial charge in [-0.3, -0.25) is 4.79 Å². The molecule has 140 valence electrons. The molecule has 2 heterocycles. The molecule has 1 amide bonds. The molecule has 0 saturated heterocycles. The largest absolute Gasteiger partial charge is 0.354 e. The van der Waals surface area contributed by atoms with Gasteiger partial charge in [-0.15, -0.1) is 6.58 Å². The molecule has 2 aromatic carbocycles. The van der Waals surface area contributed by atoms with Gasteiger partial charge >= 0.3 is 0 Å². The third-order valence-electron chi connectivity index (χ3n) is 6.08. The van der Waals surface area contributed by atoms with Gasteiger partial charge < -0.3 is 9.88 Å². The van der Waals surface area contributed by atoms with Crippen LogP contribution in [-0.2, 0) is 4.79 Å². The summed E-state index contributed by atoms with van der Waals surface area (Å²) in [5.74, 6) is 0.198. The maximum Gasteiger partial charge on any atom is 0.250 e. The molecular formula is C25H24N2O. The van der Waals surface area contributed by atoms with Crippen molar-refractivity contribution in [1.82, 2.24) is 9.88 Å². The number of aromatic nitrogens is 1. The van der Waals surface area contributed by atoms with E-state index in [9.17, 15) is 4.79 Å². The highest BCUT2D eigenvalue weighted by atomic mass is 16.2. The molecule has 1 aromatic heterocycles. The normalized spacial score (nSPS) is 19.4. The number of hydrogen-bond donors (Lipinski definition) is 1. The summed E-state index contributed by atoms with van der Waals surface area (Å²) in [5.41, 5.74) is 6.98. The van der Waals surface area contributed by atoms with Crippen molar-refractivity contribution >= 4 is 16.8 Å². The zero-order valence-corrected chi connectivity index (χ0v) is 15.9. The minimum Gasteiger partial charge on any atom is -0.354 e. The van der Waals surface area contributed by atoms with E-state index in [1.165, 1.54) is 16.5 Å². The van der Waals surface area contributed by atoms with Gasteiger partial charge in [0.1, 0.15) is 0 Å². The fraction of sp³-hybridized carbons (Fsp3) is 0.240. The van der Waals surface area contributed by atoms with E-state index < -0.39 is 0 Å². The first kappa shape index (κ1) is 17.1. The number of amides is 1. The van der Waals surface area contributed by atoms with Crippen LogP contribution in [0.25, 0.3) is 22.2 Å². The molecule has 0 spiro atoms. The van der Waals surface area contributed by atoms with Crippen LogP contribution < -0.4 is 0 Å². The average molecular weight is 368 g/mol. The molecule has 28 heavy (non-hydrogen) atoms. The Morgan fingerprint density at radius 1 is 1.04 bits per heavy atom. The van der Waals surface area contributed by atoms with E-state index in [1.54, 1.807) is 0 Å². The maximum atomic E-state index is 13.2. The van der Waals surface area contributed by atoms with E-state index in [2.05, 4.69) is 60.1 Å². The summed E-state index contributed by atoms with van der Waals surface area (Å²) in [5, 5.41) is 1.20. The van der Waals surface area contributed by atoms with Gasteiger partial charge in [-0.2, -0.15) is 0 Å². The van der Waals surface area contributed by atoms with Crippen LogP contribution in [0.3, 0.4) is 0 Å². The van der Waals surface area contributed by atoms with Crippen molar-refractivity contribution in [3.05, 3.63) is 84.0 Å². The number of fused-ring (bicyclic) bond motifs is 1. The molecule has 1 aliphatic heterocycles. The van der Waals surface area contributed by atoms with Gasteiger partial charge in [0.05, 0.1) is 11.7 Å². The van der Waals surface area contributed by atoms with Crippen LogP contribution in [0.15, 0.2) is 78.4 Å². The number of nitrogens with one attached hydrogen (secondary N) is 1. The predicted molar refractivity (Wildman–Crippen MR) is 114 cm³/mol. The van der Waals surface area contributed by atoms with Gasteiger partial charge in [-0.05, 0) is 42.9 Å². The maximum absolute atomic E-state index is 13.2. The Morgan fingerprint density at radius 3 is 2.61 bits per heavy atom. The van der Waals surface area contributed by atoms with Crippen LogP contribution in [0.1, 0.15) is 37.3 Å². The van der Waals surface area contributed by atoms with Crippen molar-refractivity contribution in [3.63, 3.8) is 0 Å². The number of rotatable bonds is 4.